The van der Waals surface area contributed by atoms with E-state index in [1.54, 1.807) is 32.1 Å². The smallest absolute Gasteiger partial charge is 0.260 e. The molecule has 0 atom stereocenters. The van der Waals surface area contributed by atoms with Crippen molar-refractivity contribution in [1.82, 2.24) is 4.98 Å². The average Bonchev–Trinajstić information content (AvgIpc) is 3.02. The Balaban J connectivity index is 1.89. The Kier molecular flexibility index (Phi) is 3.25. The average molecular weight is 340 g/mol. The molecule has 3 heterocycles. The monoisotopic (exact) mass is 340 g/mol. The van der Waals surface area contributed by atoms with Gasteiger partial charge in [0.05, 0.1) is 11.3 Å². The summed E-state index contributed by atoms with van der Waals surface area (Å²) < 4.78 is 33.4. The van der Waals surface area contributed by atoms with Crippen LogP contribution in [0, 0.1) is 11.8 Å². The summed E-state index contributed by atoms with van der Waals surface area (Å²) in [7, 11) is 0. The molecule has 2 aliphatic heterocycles. The van der Waals surface area contributed by atoms with E-state index in [0.717, 1.165) is 0 Å². The van der Waals surface area contributed by atoms with E-state index in [4.69, 9.17) is 4.74 Å². The van der Waals surface area contributed by atoms with Crippen LogP contribution in [0.25, 0.3) is 11.1 Å². The maximum Gasteiger partial charge on any atom is 0.260 e. The number of fused-ring (bicyclic) bond motifs is 1. The van der Waals surface area contributed by atoms with Crippen LogP contribution in [0.15, 0.2) is 48.4 Å². The molecule has 2 aliphatic rings. The Labute approximate surface area is 142 Å². The molecule has 0 bridgehead atoms. The van der Waals surface area contributed by atoms with Gasteiger partial charge in [0.1, 0.15) is 17.2 Å². The molecule has 0 saturated heterocycles. The molecule has 1 N–H and O–H groups in total. The number of nitrogens with one attached hydrogen (secondary N) is 1. The first-order valence-corrected chi connectivity index (χ1v) is 7.74. The zero-order chi connectivity index (χ0) is 17.8. The van der Waals surface area contributed by atoms with E-state index >= 15 is 0 Å². The van der Waals surface area contributed by atoms with E-state index in [0.29, 0.717) is 33.7 Å². The van der Waals surface area contributed by atoms with Crippen molar-refractivity contribution in [3.05, 3.63) is 71.3 Å². The van der Waals surface area contributed by atoms with Gasteiger partial charge in [-0.1, -0.05) is 0 Å². The number of hydrogen-bond donors (Lipinski definition) is 1. The second kappa shape index (κ2) is 5.24. The van der Waals surface area contributed by atoms with Crippen molar-refractivity contribution in [1.29, 1.82) is 0 Å². The van der Waals surface area contributed by atoms with Gasteiger partial charge >= 0.3 is 0 Å². The number of carbonyl (C=O) groups is 1. The van der Waals surface area contributed by atoms with Crippen LogP contribution in [0.1, 0.15) is 25.0 Å². The standard InChI is InChI=1S/C19H14F2N2O2/c1-19(2)13(11-4-3-7-22-17(11)21)9-15(25-19)16-12-6-5-10(20)8-14(12)23-18(16)24/h3-9H,1-2H3,(H,23,24). The molecule has 126 valence electrons. The van der Waals surface area contributed by atoms with Crippen molar-refractivity contribution >= 4 is 22.7 Å². The molecule has 1 aromatic carbocycles. The van der Waals surface area contributed by atoms with Crippen LogP contribution in [0.5, 0.6) is 0 Å². The highest BCUT2D eigenvalue weighted by atomic mass is 19.1. The van der Waals surface area contributed by atoms with Crippen LogP contribution < -0.4 is 5.32 Å². The lowest BCUT2D eigenvalue weighted by Crippen LogP contribution is -2.22. The number of allylic oxidation sites excluding steroid dienone is 1. The molecule has 0 unspecified atom stereocenters. The van der Waals surface area contributed by atoms with Gasteiger partial charge in [0.2, 0.25) is 5.95 Å². The van der Waals surface area contributed by atoms with Crippen LogP contribution in [0.3, 0.4) is 0 Å². The minimum Gasteiger partial charge on any atom is -0.482 e. The maximum atomic E-state index is 14.1. The van der Waals surface area contributed by atoms with Crippen molar-refractivity contribution in [3.8, 4) is 0 Å². The molecule has 4 nitrogen and oxygen atoms in total. The van der Waals surface area contributed by atoms with Gasteiger partial charge < -0.3 is 10.1 Å². The zero-order valence-electron chi connectivity index (χ0n) is 13.6. The molecule has 0 aliphatic carbocycles. The number of anilines is 1. The molecule has 0 spiro atoms. The number of benzene rings is 1. The second-order valence-corrected chi connectivity index (χ2v) is 6.40. The maximum absolute atomic E-state index is 14.1. The van der Waals surface area contributed by atoms with Gasteiger partial charge in [-0.15, -0.1) is 0 Å². The summed E-state index contributed by atoms with van der Waals surface area (Å²) in [6.07, 6.45) is 3.02. The molecular formula is C19H14F2N2O2. The summed E-state index contributed by atoms with van der Waals surface area (Å²) >= 11 is 0. The van der Waals surface area contributed by atoms with E-state index in [1.165, 1.54) is 24.4 Å². The first-order chi connectivity index (χ1) is 11.9. The molecule has 0 saturated carbocycles. The van der Waals surface area contributed by atoms with E-state index in [-0.39, 0.29) is 5.91 Å². The number of carbonyl (C=O) groups excluding carboxylic acids is 1. The van der Waals surface area contributed by atoms with Gasteiger partial charge in [-0.3, -0.25) is 4.79 Å². The Bertz CT molecular complexity index is 977. The minimum atomic E-state index is -0.838. The van der Waals surface area contributed by atoms with Crippen molar-refractivity contribution in [3.63, 3.8) is 0 Å². The number of pyridine rings is 1. The number of halogens is 2. The summed E-state index contributed by atoms with van der Waals surface area (Å²) in [5.41, 5.74) is 1.33. The summed E-state index contributed by atoms with van der Waals surface area (Å²) in [5, 5.41) is 2.63. The molecule has 0 radical (unpaired) electrons. The second-order valence-electron chi connectivity index (χ2n) is 6.40. The van der Waals surface area contributed by atoms with Gasteiger partial charge in [-0.25, -0.2) is 9.37 Å². The lowest BCUT2D eigenvalue weighted by atomic mass is 9.93. The highest BCUT2D eigenvalue weighted by Crippen LogP contribution is 2.44. The van der Waals surface area contributed by atoms with Crippen molar-refractivity contribution in [2.75, 3.05) is 5.32 Å². The van der Waals surface area contributed by atoms with Gasteiger partial charge in [-0.05, 0) is 50.3 Å². The summed E-state index contributed by atoms with van der Waals surface area (Å²) in [6.45, 7) is 3.58. The summed E-state index contributed by atoms with van der Waals surface area (Å²) in [6, 6.07) is 7.32. The number of rotatable bonds is 1. The van der Waals surface area contributed by atoms with Gasteiger partial charge in [0, 0.05) is 22.9 Å². The number of aromatic nitrogens is 1. The predicted molar refractivity (Wildman–Crippen MR) is 89.3 cm³/mol. The van der Waals surface area contributed by atoms with Crippen LogP contribution in [0.4, 0.5) is 14.5 Å². The number of ether oxygens (including phenoxy) is 1. The third-order valence-electron chi connectivity index (χ3n) is 4.31. The molecule has 4 rings (SSSR count). The molecule has 1 aromatic heterocycles. The highest BCUT2D eigenvalue weighted by Gasteiger charge is 2.38. The Morgan fingerprint density at radius 2 is 1.96 bits per heavy atom. The third kappa shape index (κ3) is 2.41. The van der Waals surface area contributed by atoms with E-state index in [9.17, 15) is 13.6 Å². The Morgan fingerprint density at radius 3 is 2.72 bits per heavy atom. The predicted octanol–water partition coefficient (Wildman–Crippen LogP) is 3.92. The van der Waals surface area contributed by atoms with Crippen LogP contribution in [-0.4, -0.2) is 16.5 Å². The van der Waals surface area contributed by atoms with Crippen LogP contribution in [-0.2, 0) is 9.53 Å². The molecular weight excluding hydrogens is 326 g/mol. The first-order valence-electron chi connectivity index (χ1n) is 7.74. The summed E-state index contributed by atoms with van der Waals surface area (Å²) in [5.74, 6) is -1.09. The quantitative estimate of drug-likeness (QED) is 0.632. The molecule has 6 heteroatoms. The van der Waals surface area contributed by atoms with E-state index < -0.39 is 17.4 Å². The van der Waals surface area contributed by atoms with Crippen molar-refractivity contribution in [2.45, 2.75) is 19.4 Å². The van der Waals surface area contributed by atoms with Gasteiger partial charge in [-0.2, -0.15) is 4.39 Å². The third-order valence-corrected chi connectivity index (χ3v) is 4.31. The molecule has 2 aromatic rings. The molecule has 0 fully saturated rings. The molecule has 25 heavy (non-hydrogen) atoms. The van der Waals surface area contributed by atoms with Crippen LogP contribution in [0.2, 0.25) is 0 Å². The van der Waals surface area contributed by atoms with Gasteiger partial charge in [0.15, 0.2) is 0 Å². The minimum absolute atomic E-state index is 0.308. The topological polar surface area (TPSA) is 51.2 Å². The lowest BCUT2D eigenvalue weighted by Gasteiger charge is -2.23. The lowest BCUT2D eigenvalue weighted by molar-refractivity contribution is -0.111. The fourth-order valence-electron chi connectivity index (χ4n) is 3.17. The normalized spacial score (nSPS) is 20.8. The number of hydrogen-bond acceptors (Lipinski definition) is 3. The SMILES string of the molecule is CC1(C)OC(=C2C(=O)Nc3cc(F)ccc32)C=C1c1cccnc1F. The Hall–Kier alpha value is -3.02. The largest absolute Gasteiger partial charge is 0.482 e. The van der Waals surface area contributed by atoms with Crippen molar-refractivity contribution < 1.29 is 18.3 Å². The zero-order valence-corrected chi connectivity index (χ0v) is 13.6. The fraction of sp³-hybridized carbons (Fsp3) is 0.158. The number of amides is 1. The fourth-order valence-corrected chi connectivity index (χ4v) is 3.17. The molecule has 1 amide bonds. The van der Waals surface area contributed by atoms with E-state index in [1.807, 2.05) is 0 Å². The Morgan fingerprint density at radius 1 is 1.16 bits per heavy atom. The van der Waals surface area contributed by atoms with Crippen LogP contribution >= 0.6 is 0 Å². The summed E-state index contributed by atoms with van der Waals surface area (Å²) in [4.78, 5) is 16.0. The first kappa shape index (κ1) is 15.5. The van der Waals surface area contributed by atoms with E-state index in [2.05, 4.69) is 10.3 Å². The number of nitrogens with zero attached hydrogens (tertiary/aromatic N) is 1. The van der Waals surface area contributed by atoms with Gasteiger partial charge in [0.25, 0.3) is 5.91 Å². The highest BCUT2D eigenvalue weighted by molar-refractivity contribution is 6.32. The van der Waals surface area contributed by atoms with Crippen molar-refractivity contribution in [2.24, 2.45) is 0 Å².